The summed E-state index contributed by atoms with van der Waals surface area (Å²) >= 11 is 0. The SMILES string of the molecule is Cc1nonc1CN1CCCC1c1nc2ccccc2c(=O)n1CC1CC1. The van der Waals surface area contributed by atoms with Crippen molar-refractivity contribution >= 4 is 10.9 Å². The lowest BCUT2D eigenvalue weighted by Gasteiger charge is -2.26. The predicted molar refractivity (Wildman–Crippen MR) is 100 cm³/mol. The van der Waals surface area contributed by atoms with Crippen LogP contribution in [-0.4, -0.2) is 31.3 Å². The van der Waals surface area contributed by atoms with E-state index >= 15 is 0 Å². The highest BCUT2D eigenvalue weighted by molar-refractivity contribution is 5.77. The Balaban J connectivity index is 1.57. The molecule has 1 aromatic carbocycles. The Morgan fingerprint density at radius 1 is 1.19 bits per heavy atom. The smallest absolute Gasteiger partial charge is 0.261 e. The van der Waals surface area contributed by atoms with Crippen LogP contribution in [0.15, 0.2) is 33.7 Å². The molecular weight excluding hydrogens is 342 g/mol. The van der Waals surface area contributed by atoms with E-state index < -0.39 is 0 Å². The van der Waals surface area contributed by atoms with Crippen molar-refractivity contribution in [2.24, 2.45) is 5.92 Å². The highest BCUT2D eigenvalue weighted by atomic mass is 16.6. The third kappa shape index (κ3) is 3.06. The number of likely N-dealkylation sites (tertiary alicyclic amines) is 1. The summed E-state index contributed by atoms with van der Waals surface area (Å²) in [6, 6.07) is 7.80. The normalized spacial score (nSPS) is 20.6. The van der Waals surface area contributed by atoms with E-state index in [-0.39, 0.29) is 11.6 Å². The van der Waals surface area contributed by atoms with Crippen LogP contribution in [0.5, 0.6) is 0 Å². The molecule has 3 aromatic rings. The van der Waals surface area contributed by atoms with Crippen molar-refractivity contribution in [1.82, 2.24) is 24.8 Å². The van der Waals surface area contributed by atoms with Crippen molar-refractivity contribution in [2.75, 3.05) is 6.54 Å². The highest BCUT2D eigenvalue weighted by Gasteiger charge is 2.33. The van der Waals surface area contributed by atoms with Crippen molar-refractivity contribution in [3.63, 3.8) is 0 Å². The van der Waals surface area contributed by atoms with Crippen LogP contribution in [0.25, 0.3) is 10.9 Å². The van der Waals surface area contributed by atoms with Gasteiger partial charge in [-0.3, -0.25) is 14.3 Å². The molecule has 7 heteroatoms. The molecule has 0 radical (unpaired) electrons. The monoisotopic (exact) mass is 365 g/mol. The number of hydrogen-bond donors (Lipinski definition) is 0. The lowest BCUT2D eigenvalue weighted by molar-refractivity contribution is 0.222. The van der Waals surface area contributed by atoms with Crippen molar-refractivity contribution in [2.45, 2.75) is 51.7 Å². The van der Waals surface area contributed by atoms with Crippen LogP contribution < -0.4 is 5.56 Å². The zero-order valence-corrected chi connectivity index (χ0v) is 15.5. The fourth-order valence-corrected chi connectivity index (χ4v) is 4.07. The predicted octanol–water partition coefficient (Wildman–Crippen LogP) is 2.84. The van der Waals surface area contributed by atoms with E-state index in [0.717, 1.165) is 48.7 Å². The summed E-state index contributed by atoms with van der Waals surface area (Å²) in [6.07, 6.45) is 4.49. The first-order valence-electron chi connectivity index (χ1n) is 9.72. The molecule has 1 saturated carbocycles. The third-order valence-electron chi connectivity index (χ3n) is 5.79. The molecule has 3 heterocycles. The van der Waals surface area contributed by atoms with Crippen LogP contribution >= 0.6 is 0 Å². The molecule has 5 rings (SSSR count). The van der Waals surface area contributed by atoms with Crippen LogP contribution in [0.4, 0.5) is 0 Å². The number of nitrogens with zero attached hydrogens (tertiary/aromatic N) is 5. The van der Waals surface area contributed by atoms with Gasteiger partial charge in [0.1, 0.15) is 17.2 Å². The number of aryl methyl sites for hydroxylation is 1. The summed E-state index contributed by atoms with van der Waals surface area (Å²) in [5.74, 6) is 1.51. The maximum Gasteiger partial charge on any atom is 0.261 e. The molecule has 1 unspecified atom stereocenters. The summed E-state index contributed by atoms with van der Waals surface area (Å²) in [5.41, 5.74) is 2.56. The van der Waals surface area contributed by atoms with Gasteiger partial charge in [0.05, 0.1) is 16.9 Å². The van der Waals surface area contributed by atoms with Crippen LogP contribution in [0.3, 0.4) is 0 Å². The third-order valence-corrected chi connectivity index (χ3v) is 5.79. The van der Waals surface area contributed by atoms with E-state index in [1.165, 1.54) is 12.8 Å². The Morgan fingerprint density at radius 3 is 2.81 bits per heavy atom. The van der Waals surface area contributed by atoms with Gasteiger partial charge in [-0.05, 0) is 57.2 Å². The molecule has 2 fully saturated rings. The molecule has 140 valence electrons. The van der Waals surface area contributed by atoms with Crippen LogP contribution in [0.2, 0.25) is 0 Å². The maximum absolute atomic E-state index is 13.2. The van der Waals surface area contributed by atoms with E-state index in [2.05, 4.69) is 15.2 Å². The van der Waals surface area contributed by atoms with Gasteiger partial charge in [-0.1, -0.05) is 22.4 Å². The maximum atomic E-state index is 13.2. The molecular formula is C20H23N5O2. The molecule has 1 atom stereocenters. The topological polar surface area (TPSA) is 77.1 Å². The summed E-state index contributed by atoms with van der Waals surface area (Å²) in [4.78, 5) is 20.5. The minimum absolute atomic E-state index is 0.0913. The fraction of sp³-hybridized carbons (Fsp3) is 0.500. The zero-order chi connectivity index (χ0) is 18.4. The van der Waals surface area contributed by atoms with E-state index in [0.29, 0.717) is 17.8 Å². The lowest BCUT2D eigenvalue weighted by Crippen LogP contribution is -2.32. The molecule has 7 nitrogen and oxygen atoms in total. The van der Waals surface area contributed by atoms with Crippen LogP contribution in [0.1, 0.15) is 48.9 Å². The molecule has 0 spiro atoms. The number of aromatic nitrogens is 4. The van der Waals surface area contributed by atoms with E-state index in [9.17, 15) is 4.79 Å². The summed E-state index contributed by atoms with van der Waals surface area (Å²) in [7, 11) is 0. The molecule has 0 amide bonds. The van der Waals surface area contributed by atoms with E-state index in [1.807, 2.05) is 35.8 Å². The minimum atomic E-state index is 0.0913. The quantitative estimate of drug-likeness (QED) is 0.692. The second-order valence-corrected chi connectivity index (χ2v) is 7.77. The minimum Gasteiger partial charge on any atom is -0.295 e. The first kappa shape index (κ1) is 16.6. The Labute approximate surface area is 157 Å². The highest BCUT2D eigenvalue weighted by Crippen LogP contribution is 2.35. The largest absolute Gasteiger partial charge is 0.295 e. The van der Waals surface area contributed by atoms with Crippen LogP contribution in [0, 0.1) is 12.8 Å². The second kappa shape index (κ2) is 6.56. The molecule has 1 aliphatic carbocycles. The summed E-state index contributed by atoms with van der Waals surface area (Å²) in [5, 5.41) is 8.64. The van der Waals surface area contributed by atoms with Gasteiger partial charge in [-0.2, -0.15) is 0 Å². The van der Waals surface area contributed by atoms with Crippen molar-refractivity contribution in [3.8, 4) is 0 Å². The van der Waals surface area contributed by atoms with Gasteiger partial charge in [0.2, 0.25) is 0 Å². The number of para-hydroxylation sites is 1. The number of fused-ring (bicyclic) bond motifs is 1. The van der Waals surface area contributed by atoms with Crippen molar-refractivity contribution in [1.29, 1.82) is 0 Å². The Kier molecular flexibility index (Phi) is 4.04. The molecule has 0 bridgehead atoms. The molecule has 1 aliphatic heterocycles. The van der Waals surface area contributed by atoms with Gasteiger partial charge in [-0.25, -0.2) is 9.61 Å². The number of hydrogen-bond acceptors (Lipinski definition) is 6. The Bertz CT molecular complexity index is 1040. The van der Waals surface area contributed by atoms with Gasteiger partial charge in [0.25, 0.3) is 5.56 Å². The van der Waals surface area contributed by atoms with Crippen molar-refractivity contribution < 1.29 is 4.63 Å². The average Bonchev–Trinajstić information content (AvgIpc) is 3.23. The van der Waals surface area contributed by atoms with Gasteiger partial charge < -0.3 is 0 Å². The van der Waals surface area contributed by atoms with Gasteiger partial charge in [-0.15, -0.1) is 0 Å². The van der Waals surface area contributed by atoms with Gasteiger partial charge >= 0.3 is 0 Å². The zero-order valence-electron chi connectivity index (χ0n) is 15.5. The van der Waals surface area contributed by atoms with Crippen LogP contribution in [-0.2, 0) is 13.1 Å². The van der Waals surface area contributed by atoms with Gasteiger partial charge in [0.15, 0.2) is 0 Å². The molecule has 0 N–H and O–H groups in total. The molecule has 1 saturated heterocycles. The van der Waals surface area contributed by atoms with E-state index in [4.69, 9.17) is 9.61 Å². The Hall–Kier alpha value is -2.54. The van der Waals surface area contributed by atoms with E-state index in [1.54, 1.807) is 0 Å². The first-order valence-corrected chi connectivity index (χ1v) is 9.72. The standard InChI is InChI=1S/C20H23N5O2/c1-13-17(23-27-22-13)12-24-10-4-7-18(24)19-21-16-6-3-2-5-15(16)20(26)25(19)11-14-8-9-14/h2-3,5-6,14,18H,4,7-12H2,1H3. The van der Waals surface area contributed by atoms with Crippen molar-refractivity contribution in [3.05, 3.63) is 51.8 Å². The molecule has 2 aliphatic rings. The first-order chi connectivity index (χ1) is 13.2. The fourth-order valence-electron chi connectivity index (χ4n) is 4.07. The molecule has 2 aromatic heterocycles. The molecule has 27 heavy (non-hydrogen) atoms. The summed E-state index contributed by atoms with van der Waals surface area (Å²) in [6.45, 7) is 4.32. The number of benzene rings is 1. The second-order valence-electron chi connectivity index (χ2n) is 7.77. The number of rotatable bonds is 5. The Morgan fingerprint density at radius 2 is 2.04 bits per heavy atom. The van der Waals surface area contributed by atoms with Gasteiger partial charge in [0, 0.05) is 13.1 Å². The lowest BCUT2D eigenvalue weighted by atomic mass is 10.1. The average molecular weight is 365 g/mol. The summed E-state index contributed by atoms with van der Waals surface area (Å²) < 4.78 is 6.80.